The number of rotatable bonds is 4. The smallest absolute Gasteiger partial charge is 0.247 e. The first-order chi connectivity index (χ1) is 9.83. The number of para-hydroxylation sites is 1. The molecule has 1 unspecified atom stereocenters. The molecule has 3 nitrogen and oxygen atoms in total. The molecule has 0 aliphatic rings. The maximum Gasteiger partial charge on any atom is 0.247 e. The van der Waals surface area contributed by atoms with Crippen LogP contribution in [0.25, 0.3) is 0 Å². The van der Waals surface area contributed by atoms with E-state index in [9.17, 15) is 13.6 Å². The second-order valence-corrected chi connectivity index (χ2v) is 5.61. The van der Waals surface area contributed by atoms with Crippen LogP contribution in [0, 0.1) is 11.6 Å². The van der Waals surface area contributed by atoms with E-state index < -0.39 is 23.1 Å². The number of amides is 1. The molecule has 0 fully saturated rings. The molecule has 3 N–H and O–H groups in total. The van der Waals surface area contributed by atoms with Gasteiger partial charge in [-0.25, -0.2) is 8.78 Å². The van der Waals surface area contributed by atoms with E-state index in [4.69, 9.17) is 5.73 Å². The lowest BCUT2D eigenvalue weighted by atomic mass is 9.90. The molecule has 0 aliphatic heterocycles. The zero-order chi connectivity index (χ0) is 15.6. The van der Waals surface area contributed by atoms with Gasteiger partial charge in [-0.3, -0.25) is 4.79 Å². The second-order valence-electron chi connectivity index (χ2n) is 4.75. The molecule has 21 heavy (non-hydrogen) atoms. The molecule has 2 aromatic rings. The Hall–Kier alpha value is -1.95. The van der Waals surface area contributed by atoms with Gasteiger partial charge in [-0.1, -0.05) is 12.1 Å². The van der Waals surface area contributed by atoms with E-state index in [1.54, 1.807) is 24.3 Å². The minimum Gasteiger partial charge on any atom is -0.367 e. The van der Waals surface area contributed by atoms with Crippen molar-refractivity contribution < 1.29 is 13.6 Å². The fourth-order valence-electron chi connectivity index (χ4n) is 1.95. The number of anilines is 1. The first-order valence-corrected chi connectivity index (χ1v) is 6.91. The lowest BCUT2D eigenvalue weighted by molar-refractivity contribution is -0.122. The summed E-state index contributed by atoms with van der Waals surface area (Å²) in [5.41, 5.74) is 4.69. The molecule has 0 heterocycles. The number of carbonyl (C=O) groups excluding carboxylic acids is 1. The van der Waals surface area contributed by atoms with E-state index in [2.05, 4.69) is 21.2 Å². The average molecular weight is 355 g/mol. The molecule has 0 aromatic heterocycles. The Morgan fingerprint density at radius 1 is 1.19 bits per heavy atom. The van der Waals surface area contributed by atoms with E-state index >= 15 is 0 Å². The van der Waals surface area contributed by atoms with Gasteiger partial charge in [-0.05, 0) is 52.7 Å². The van der Waals surface area contributed by atoms with Gasteiger partial charge in [-0.2, -0.15) is 0 Å². The van der Waals surface area contributed by atoms with Crippen molar-refractivity contribution in [1.82, 2.24) is 0 Å². The third-order valence-corrected chi connectivity index (χ3v) is 3.88. The van der Waals surface area contributed by atoms with Gasteiger partial charge >= 0.3 is 0 Å². The Labute approximate surface area is 129 Å². The number of nitrogens with one attached hydrogen (secondary N) is 1. The van der Waals surface area contributed by atoms with Gasteiger partial charge in [0, 0.05) is 16.2 Å². The maximum absolute atomic E-state index is 13.4. The summed E-state index contributed by atoms with van der Waals surface area (Å²) >= 11 is 3.34. The van der Waals surface area contributed by atoms with Gasteiger partial charge in [0.15, 0.2) is 0 Å². The highest BCUT2D eigenvalue weighted by Crippen LogP contribution is 2.31. The number of hydrogen-bond acceptors (Lipinski definition) is 2. The fraction of sp³-hybridized carbons (Fsp3) is 0.133. The molecule has 2 rings (SSSR count). The summed E-state index contributed by atoms with van der Waals surface area (Å²) in [5, 5.41) is 2.94. The summed E-state index contributed by atoms with van der Waals surface area (Å²) in [6.45, 7) is 1.48. The Morgan fingerprint density at radius 2 is 1.76 bits per heavy atom. The Balaban J connectivity index is 2.50. The van der Waals surface area contributed by atoms with Crippen molar-refractivity contribution in [2.24, 2.45) is 5.73 Å². The van der Waals surface area contributed by atoms with Gasteiger partial charge in [0.25, 0.3) is 0 Å². The number of benzene rings is 2. The number of carbonyl (C=O) groups is 1. The fourth-order valence-corrected chi connectivity index (χ4v) is 2.33. The third-order valence-electron chi connectivity index (χ3n) is 3.19. The van der Waals surface area contributed by atoms with Crippen LogP contribution in [-0.2, 0) is 10.3 Å². The molecule has 0 aliphatic carbocycles. The van der Waals surface area contributed by atoms with Crippen molar-refractivity contribution in [2.75, 3.05) is 5.32 Å². The maximum atomic E-state index is 13.4. The first kappa shape index (κ1) is 15.4. The Morgan fingerprint density at radius 3 is 2.29 bits per heavy atom. The third kappa shape index (κ3) is 3.21. The number of halogens is 3. The highest BCUT2D eigenvalue weighted by molar-refractivity contribution is 9.10. The Kier molecular flexibility index (Phi) is 4.27. The molecule has 1 amide bonds. The minimum atomic E-state index is -1.45. The highest BCUT2D eigenvalue weighted by Gasteiger charge is 2.34. The number of hydrogen-bond donors (Lipinski definition) is 2. The molecular weight excluding hydrogens is 342 g/mol. The van der Waals surface area contributed by atoms with Gasteiger partial charge in [-0.15, -0.1) is 0 Å². The van der Waals surface area contributed by atoms with Crippen molar-refractivity contribution >= 4 is 27.5 Å². The molecule has 110 valence electrons. The van der Waals surface area contributed by atoms with Crippen LogP contribution in [-0.4, -0.2) is 5.91 Å². The summed E-state index contributed by atoms with van der Waals surface area (Å²) in [5.74, 6) is -2.29. The highest BCUT2D eigenvalue weighted by atomic mass is 79.9. The molecular formula is C15H13BrF2N2O. The molecule has 2 aromatic carbocycles. The number of primary amides is 1. The summed E-state index contributed by atoms with van der Waals surface area (Å²) in [6, 6.07) is 9.97. The Bertz CT molecular complexity index is 673. The SMILES string of the molecule is CC(Nc1ccccc1Br)(C(N)=O)c1cc(F)cc(F)c1. The summed E-state index contributed by atoms with van der Waals surface area (Å²) in [7, 11) is 0. The summed E-state index contributed by atoms with van der Waals surface area (Å²) < 4.78 is 27.5. The molecule has 0 saturated heterocycles. The molecule has 0 radical (unpaired) electrons. The van der Waals surface area contributed by atoms with Crippen LogP contribution in [0.4, 0.5) is 14.5 Å². The van der Waals surface area contributed by atoms with Crippen LogP contribution < -0.4 is 11.1 Å². The van der Waals surface area contributed by atoms with E-state index in [0.29, 0.717) is 10.2 Å². The van der Waals surface area contributed by atoms with Crippen molar-refractivity contribution in [1.29, 1.82) is 0 Å². The topological polar surface area (TPSA) is 55.1 Å². The van der Waals surface area contributed by atoms with E-state index in [1.807, 2.05) is 0 Å². The largest absolute Gasteiger partial charge is 0.367 e. The average Bonchev–Trinajstić information content (AvgIpc) is 2.40. The number of nitrogens with two attached hydrogens (primary N) is 1. The van der Waals surface area contributed by atoms with Crippen LogP contribution in [0.1, 0.15) is 12.5 Å². The van der Waals surface area contributed by atoms with E-state index in [-0.39, 0.29) is 5.56 Å². The molecule has 0 saturated carbocycles. The van der Waals surface area contributed by atoms with Gasteiger partial charge in [0.2, 0.25) is 5.91 Å². The normalized spacial score (nSPS) is 13.5. The first-order valence-electron chi connectivity index (χ1n) is 6.12. The van der Waals surface area contributed by atoms with E-state index in [0.717, 1.165) is 18.2 Å². The summed E-state index contributed by atoms with van der Waals surface area (Å²) in [4.78, 5) is 11.9. The molecule has 6 heteroatoms. The lowest BCUT2D eigenvalue weighted by Crippen LogP contribution is -2.45. The second kappa shape index (κ2) is 5.81. The van der Waals surface area contributed by atoms with E-state index in [1.165, 1.54) is 6.92 Å². The van der Waals surface area contributed by atoms with Gasteiger partial charge in [0.05, 0.1) is 0 Å². The predicted molar refractivity (Wildman–Crippen MR) is 80.7 cm³/mol. The van der Waals surface area contributed by atoms with Crippen LogP contribution in [0.15, 0.2) is 46.9 Å². The van der Waals surface area contributed by atoms with Crippen LogP contribution in [0.3, 0.4) is 0 Å². The molecule has 0 bridgehead atoms. The van der Waals surface area contributed by atoms with Crippen LogP contribution >= 0.6 is 15.9 Å². The summed E-state index contributed by atoms with van der Waals surface area (Å²) in [6.07, 6.45) is 0. The van der Waals surface area contributed by atoms with Gasteiger partial charge < -0.3 is 11.1 Å². The van der Waals surface area contributed by atoms with Crippen molar-refractivity contribution in [3.63, 3.8) is 0 Å². The standard InChI is InChI=1S/C15H13BrF2N2O/c1-15(14(19)21,9-6-10(17)8-11(18)7-9)20-13-5-3-2-4-12(13)16/h2-8,20H,1H3,(H2,19,21). The predicted octanol–water partition coefficient (Wildman–Crippen LogP) is 3.54. The minimum absolute atomic E-state index is 0.114. The lowest BCUT2D eigenvalue weighted by Gasteiger charge is -2.29. The molecule has 1 atom stereocenters. The monoisotopic (exact) mass is 354 g/mol. The zero-order valence-corrected chi connectivity index (χ0v) is 12.7. The van der Waals surface area contributed by atoms with Crippen LogP contribution in [0.2, 0.25) is 0 Å². The molecule has 0 spiro atoms. The quantitative estimate of drug-likeness (QED) is 0.882. The zero-order valence-electron chi connectivity index (χ0n) is 11.2. The van der Waals surface area contributed by atoms with Crippen molar-refractivity contribution in [3.05, 3.63) is 64.1 Å². The van der Waals surface area contributed by atoms with Crippen molar-refractivity contribution in [3.8, 4) is 0 Å². The van der Waals surface area contributed by atoms with Crippen molar-refractivity contribution in [2.45, 2.75) is 12.5 Å². The van der Waals surface area contributed by atoms with Crippen LogP contribution in [0.5, 0.6) is 0 Å². The van der Waals surface area contributed by atoms with Gasteiger partial charge in [0.1, 0.15) is 17.2 Å².